The Labute approximate surface area is 99.0 Å². The molecule has 0 aliphatic heterocycles. The molecule has 0 rings (SSSR count). The van der Waals surface area contributed by atoms with Crippen LogP contribution in [-0.2, 0) is 19.9 Å². The Morgan fingerprint density at radius 3 is 1.81 bits per heavy atom. The molecule has 4 heteroatoms. The van der Waals surface area contributed by atoms with E-state index < -0.39 is 0 Å². The molecule has 98 valence electrons. The summed E-state index contributed by atoms with van der Waals surface area (Å²) >= 11 is 0. The first-order chi connectivity index (χ1) is 7.91. The second-order valence-electron chi connectivity index (χ2n) is 3.95. The van der Waals surface area contributed by atoms with Gasteiger partial charge in [0.1, 0.15) is 0 Å². The third-order valence-corrected chi connectivity index (χ3v) is 2.48. The van der Waals surface area contributed by atoms with E-state index in [1.54, 1.807) is 0 Å². The Hall–Kier alpha value is -0.160. The minimum atomic E-state index is 0.555. The Kier molecular flexibility index (Phi) is 14.7. The van der Waals surface area contributed by atoms with Crippen LogP contribution in [-0.4, -0.2) is 13.7 Å². The second kappa shape index (κ2) is 14.8. The number of hydrogen-bond acceptors (Lipinski definition) is 4. The van der Waals surface area contributed by atoms with Gasteiger partial charge in [0.05, 0.1) is 13.7 Å². The molecule has 0 fully saturated rings. The first kappa shape index (κ1) is 15.8. The summed E-state index contributed by atoms with van der Waals surface area (Å²) in [5.74, 6) is 0. The maximum Gasteiger partial charge on any atom is 0.0854 e. The summed E-state index contributed by atoms with van der Waals surface area (Å²) in [6.45, 7) is 2.80. The second-order valence-corrected chi connectivity index (χ2v) is 3.95. The summed E-state index contributed by atoms with van der Waals surface area (Å²) in [5.41, 5.74) is 0. The van der Waals surface area contributed by atoms with Crippen molar-refractivity contribution in [3.63, 3.8) is 0 Å². The van der Waals surface area contributed by atoms with E-state index in [1.807, 2.05) is 0 Å². The third-order valence-electron chi connectivity index (χ3n) is 2.48. The summed E-state index contributed by atoms with van der Waals surface area (Å²) in [4.78, 5) is 8.87. The van der Waals surface area contributed by atoms with Gasteiger partial charge in [-0.15, -0.1) is 0 Å². The molecule has 0 aromatic rings. The fourth-order valence-corrected chi connectivity index (χ4v) is 1.55. The molecule has 0 aromatic heterocycles. The lowest BCUT2D eigenvalue weighted by Gasteiger charge is -2.02. The maximum atomic E-state index is 4.69. The van der Waals surface area contributed by atoms with Gasteiger partial charge in [-0.1, -0.05) is 58.3 Å². The van der Waals surface area contributed by atoms with Crippen molar-refractivity contribution < 1.29 is 19.9 Å². The molecule has 4 nitrogen and oxygen atoms in total. The average molecular weight is 234 g/mol. The molecule has 0 N–H and O–H groups in total. The van der Waals surface area contributed by atoms with Crippen LogP contribution in [0, 0.1) is 0 Å². The van der Waals surface area contributed by atoms with E-state index in [-0.39, 0.29) is 0 Å². The van der Waals surface area contributed by atoms with Gasteiger partial charge in [-0.2, -0.15) is 0 Å². The van der Waals surface area contributed by atoms with Crippen molar-refractivity contribution in [3.05, 3.63) is 0 Å². The van der Waals surface area contributed by atoms with Gasteiger partial charge in [0.2, 0.25) is 0 Å². The molecule has 0 aromatic carbocycles. The van der Waals surface area contributed by atoms with Crippen molar-refractivity contribution in [2.75, 3.05) is 13.7 Å². The standard InChI is InChI=1S/C12H26O4/c1-3-4-5-6-7-8-9-10-11-12-14-16-15-13-2/h3-12H2,1-2H3. The number of unbranched alkanes of at least 4 members (excludes halogenated alkanes) is 8. The minimum Gasteiger partial charge on any atom is -0.207 e. The van der Waals surface area contributed by atoms with Crippen LogP contribution in [0.1, 0.15) is 64.7 Å². The SMILES string of the molecule is CCCCCCCCCCCOOOOC. The Morgan fingerprint density at radius 2 is 1.25 bits per heavy atom. The molecule has 0 aliphatic rings. The third kappa shape index (κ3) is 13.8. The van der Waals surface area contributed by atoms with Gasteiger partial charge in [0.15, 0.2) is 0 Å². The lowest BCUT2D eigenvalue weighted by Crippen LogP contribution is -1.97. The lowest BCUT2D eigenvalue weighted by molar-refractivity contribution is -0.628. The van der Waals surface area contributed by atoms with Gasteiger partial charge in [0.25, 0.3) is 0 Å². The molecule has 0 spiro atoms. The first-order valence-electron chi connectivity index (χ1n) is 6.40. The molecular weight excluding hydrogens is 208 g/mol. The van der Waals surface area contributed by atoms with Gasteiger partial charge in [-0.25, -0.2) is 9.78 Å². The molecule has 0 amide bonds. The Bertz CT molecular complexity index is 106. The number of hydrogen-bond donors (Lipinski definition) is 0. The molecular formula is C12H26O4. The highest BCUT2D eigenvalue weighted by Gasteiger charge is 1.93. The molecule has 0 heterocycles. The maximum absolute atomic E-state index is 4.69. The first-order valence-corrected chi connectivity index (χ1v) is 6.40. The van der Waals surface area contributed by atoms with Crippen molar-refractivity contribution in [1.29, 1.82) is 0 Å². The quantitative estimate of drug-likeness (QED) is 0.274. The summed E-state index contributed by atoms with van der Waals surface area (Å²) in [5, 5.41) is 8.33. The van der Waals surface area contributed by atoms with Gasteiger partial charge in [-0.3, -0.25) is 0 Å². The van der Waals surface area contributed by atoms with E-state index in [0.717, 1.165) is 6.42 Å². The molecule has 16 heavy (non-hydrogen) atoms. The largest absolute Gasteiger partial charge is 0.207 e. The predicted molar refractivity (Wildman–Crippen MR) is 62.4 cm³/mol. The van der Waals surface area contributed by atoms with Gasteiger partial charge in [-0.05, 0) is 16.5 Å². The van der Waals surface area contributed by atoms with Crippen LogP contribution in [0.2, 0.25) is 0 Å². The summed E-state index contributed by atoms with van der Waals surface area (Å²) in [6, 6.07) is 0. The molecule has 0 saturated heterocycles. The van der Waals surface area contributed by atoms with Gasteiger partial charge >= 0.3 is 0 Å². The van der Waals surface area contributed by atoms with Crippen molar-refractivity contribution in [1.82, 2.24) is 0 Å². The van der Waals surface area contributed by atoms with Crippen LogP contribution in [0.3, 0.4) is 0 Å². The zero-order chi connectivity index (χ0) is 11.9. The highest BCUT2D eigenvalue weighted by atomic mass is 17.7. The van der Waals surface area contributed by atoms with Crippen LogP contribution >= 0.6 is 0 Å². The summed E-state index contributed by atoms with van der Waals surface area (Å²) in [6.07, 6.45) is 11.6. The molecule has 0 bridgehead atoms. The molecule has 0 aliphatic carbocycles. The summed E-state index contributed by atoms with van der Waals surface area (Å²) < 4.78 is 0. The predicted octanol–water partition coefficient (Wildman–Crippen LogP) is 3.96. The van der Waals surface area contributed by atoms with Crippen molar-refractivity contribution in [2.45, 2.75) is 64.7 Å². The van der Waals surface area contributed by atoms with E-state index in [1.165, 1.54) is 58.5 Å². The van der Waals surface area contributed by atoms with Crippen molar-refractivity contribution in [3.8, 4) is 0 Å². The fraction of sp³-hybridized carbons (Fsp3) is 1.00. The molecule has 0 unspecified atom stereocenters. The van der Waals surface area contributed by atoms with E-state index in [2.05, 4.69) is 26.8 Å². The highest BCUT2D eigenvalue weighted by Crippen LogP contribution is 2.09. The zero-order valence-electron chi connectivity index (χ0n) is 10.7. The zero-order valence-corrected chi connectivity index (χ0v) is 10.7. The van der Waals surface area contributed by atoms with E-state index in [0.29, 0.717) is 6.61 Å². The van der Waals surface area contributed by atoms with Crippen molar-refractivity contribution in [2.24, 2.45) is 0 Å². The van der Waals surface area contributed by atoms with Gasteiger partial charge in [0, 0.05) is 0 Å². The van der Waals surface area contributed by atoms with E-state index in [9.17, 15) is 0 Å². The monoisotopic (exact) mass is 234 g/mol. The van der Waals surface area contributed by atoms with E-state index in [4.69, 9.17) is 0 Å². The topological polar surface area (TPSA) is 36.9 Å². The fourth-order valence-electron chi connectivity index (χ4n) is 1.55. The van der Waals surface area contributed by atoms with Crippen LogP contribution < -0.4 is 0 Å². The Morgan fingerprint density at radius 1 is 0.688 bits per heavy atom. The van der Waals surface area contributed by atoms with Gasteiger partial charge < -0.3 is 0 Å². The molecule has 0 saturated carbocycles. The minimum absolute atomic E-state index is 0.555. The van der Waals surface area contributed by atoms with Crippen LogP contribution in [0.25, 0.3) is 0 Å². The van der Waals surface area contributed by atoms with E-state index >= 15 is 0 Å². The van der Waals surface area contributed by atoms with Crippen LogP contribution in [0.4, 0.5) is 0 Å². The van der Waals surface area contributed by atoms with Crippen LogP contribution in [0.15, 0.2) is 0 Å². The van der Waals surface area contributed by atoms with Crippen molar-refractivity contribution >= 4 is 0 Å². The summed E-state index contributed by atoms with van der Waals surface area (Å²) in [7, 11) is 1.36. The smallest absolute Gasteiger partial charge is 0.0854 e. The lowest BCUT2D eigenvalue weighted by atomic mass is 10.1. The normalized spacial score (nSPS) is 10.9. The molecule has 0 atom stereocenters. The number of rotatable bonds is 13. The Balaban J connectivity index is 2.83. The average Bonchev–Trinajstić information content (AvgIpc) is 2.31. The highest BCUT2D eigenvalue weighted by molar-refractivity contribution is 4.45. The van der Waals surface area contributed by atoms with Crippen LogP contribution in [0.5, 0.6) is 0 Å². The molecule has 0 radical (unpaired) electrons.